The van der Waals surface area contributed by atoms with Crippen LogP contribution in [0.2, 0.25) is 0 Å². The number of hydrogen-bond donors (Lipinski definition) is 1. The van der Waals surface area contributed by atoms with Crippen molar-refractivity contribution in [3.05, 3.63) is 66.4 Å². The number of ether oxygens (including phenoxy) is 1. The summed E-state index contributed by atoms with van der Waals surface area (Å²) in [5, 5.41) is 14.2. The molecule has 0 aliphatic carbocycles. The Morgan fingerprint density at radius 3 is 2.57 bits per heavy atom. The van der Waals surface area contributed by atoms with Crippen LogP contribution in [-0.4, -0.2) is 42.1 Å². The van der Waals surface area contributed by atoms with Crippen LogP contribution in [0.4, 0.5) is 26.9 Å². The summed E-state index contributed by atoms with van der Waals surface area (Å²) in [7, 11) is 0. The molecular formula is C26H22N6O2S. The molecule has 1 saturated heterocycles. The number of nitrogens with zero attached hydrogens (tertiary/aromatic N) is 5. The lowest BCUT2D eigenvalue weighted by Gasteiger charge is -2.34. The fraction of sp³-hybridized carbons (Fsp3) is 0.192. The monoisotopic (exact) mass is 482 g/mol. The standard InChI is InChI=1S/C26H22N6O2S/c1-17-15-19(34-18-5-3-2-4-6-18)7-8-20(17)32-21-9-10-28-24-22(21)23(29-26(32)33)25(35-24)31-13-11-30(16-27)12-14-31/h2-10,15H,11-14H2,1H3,(H,29,33). The molecular weight excluding hydrogens is 460 g/mol. The van der Waals surface area contributed by atoms with Crippen molar-refractivity contribution in [1.29, 1.82) is 5.26 Å². The molecule has 0 atom stereocenters. The van der Waals surface area contributed by atoms with E-state index in [1.807, 2.05) is 61.5 Å². The predicted molar refractivity (Wildman–Crippen MR) is 138 cm³/mol. The number of urea groups is 1. The molecule has 6 rings (SSSR count). The van der Waals surface area contributed by atoms with Gasteiger partial charge in [0.15, 0.2) is 6.19 Å². The molecule has 2 amide bonds. The van der Waals surface area contributed by atoms with Crippen molar-refractivity contribution in [2.24, 2.45) is 0 Å². The Bertz CT molecular complexity index is 1470. The van der Waals surface area contributed by atoms with Crippen LogP contribution in [0.1, 0.15) is 5.56 Å². The molecule has 0 unspecified atom stereocenters. The van der Waals surface area contributed by atoms with Crippen LogP contribution in [0.3, 0.4) is 0 Å². The first-order valence-corrected chi connectivity index (χ1v) is 12.2. The van der Waals surface area contributed by atoms with Crippen LogP contribution in [0.25, 0.3) is 10.2 Å². The van der Waals surface area contributed by atoms with Gasteiger partial charge in [0.1, 0.15) is 21.3 Å². The van der Waals surface area contributed by atoms with E-state index in [1.165, 1.54) is 0 Å². The second-order valence-electron chi connectivity index (χ2n) is 8.50. The molecule has 1 N–H and O–H groups in total. The minimum atomic E-state index is -0.208. The second kappa shape index (κ2) is 8.49. The number of hydrogen-bond acceptors (Lipinski definition) is 7. The molecule has 174 valence electrons. The lowest BCUT2D eigenvalue weighted by molar-refractivity contribution is 0.259. The van der Waals surface area contributed by atoms with Gasteiger partial charge in [-0.05, 0) is 48.9 Å². The number of carbonyl (C=O) groups excluding carboxylic acids is 1. The van der Waals surface area contributed by atoms with Crippen molar-refractivity contribution in [2.45, 2.75) is 6.92 Å². The predicted octanol–water partition coefficient (Wildman–Crippen LogP) is 5.68. The van der Waals surface area contributed by atoms with Gasteiger partial charge in [-0.25, -0.2) is 9.78 Å². The Morgan fingerprint density at radius 1 is 1.03 bits per heavy atom. The molecule has 35 heavy (non-hydrogen) atoms. The van der Waals surface area contributed by atoms with Crippen molar-refractivity contribution in [1.82, 2.24) is 9.88 Å². The molecule has 0 radical (unpaired) electrons. The third-order valence-corrected chi connectivity index (χ3v) is 7.48. The fourth-order valence-corrected chi connectivity index (χ4v) is 5.78. The third-order valence-electron chi connectivity index (χ3n) is 6.32. The van der Waals surface area contributed by atoms with Gasteiger partial charge >= 0.3 is 6.03 Å². The fourth-order valence-electron chi connectivity index (χ4n) is 4.61. The number of thiophene rings is 1. The van der Waals surface area contributed by atoms with Crippen LogP contribution in [0, 0.1) is 18.4 Å². The first kappa shape index (κ1) is 21.3. The minimum Gasteiger partial charge on any atom is -0.457 e. The largest absolute Gasteiger partial charge is 0.457 e. The Morgan fingerprint density at radius 2 is 1.83 bits per heavy atom. The lowest BCUT2D eigenvalue weighted by Crippen LogP contribution is -2.44. The molecule has 0 saturated carbocycles. The van der Waals surface area contributed by atoms with Gasteiger partial charge in [0.25, 0.3) is 0 Å². The maximum Gasteiger partial charge on any atom is 0.331 e. The molecule has 2 aromatic heterocycles. The minimum absolute atomic E-state index is 0.208. The zero-order valence-electron chi connectivity index (χ0n) is 19.1. The molecule has 0 bridgehead atoms. The molecule has 2 aliphatic heterocycles. The van der Waals surface area contributed by atoms with Gasteiger partial charge in [0.05, 0.1) is 22.4 Å². The summed E-state index contributed by atoms with van der Waals surface area (Å²) in [5.74, 6) is 1.47. The molecule has 0 spiro atoms. The number of amides is 2. The summed E-state index contributed by atoms with van der Waals surface area (Å²) in [6.45, 7) is 4.76. The topological polar surface area (TPSA) is 84.7 Å². The normalized spacial score (nSPS) is 15.2. The number of nitriles is 1. The summed E-state index contributed by atoms with van der Waals surface area (Å²) in [4.78, 5) is 24.6. The highest BCUT2D eigenvalue weighted by atomic mass is 32.1. The van der Waals surface area contributed by atoms with E-state index in [9.17, 15) is 10.1 Å². The van der Waals surface area contributed by atoms with Crippen molar-refractivity contribution in [2.75, 3.05) is 41.3 Å². The Hall–Kier alpha value is -4.29. The van der Waals surface area contributed by atoms with Gasteiger partial charge < -0.3 is 19.9 Å². The highest BCUT2D eigenvalue weighted by molar-refractivity contribution is 7.23. The van der Waals surface area contributed by atoms with Crippen LogP contribution in [-0.2, 0) is 0 Å². The number of piperazine rings is 1. The van der Waals surface area contributed by atoms with E-state index in [4.69, 9.17) is 4.74 Å². The zero-order valence-corrected chi connectivity index (χ0v) is 19.9. The van der Waals surface area contributed by atoms with Crippen molar-refractivity contribution < 1.29 is 9.53 Å². The van der Waals surface area contributed by atoms with Crippen molar-refractivity contribution in [3.8, 4) is 17.7 Å². The average molecular weight is 483 g/mol. The molecule has 9 heteroatoms. The van der Waals surface area contributed by atoms with Gasteiger partial charge in [0.2, 0.25) is 0 Å². The van der Waals surface area contributed by atoms with Gasteiger partial charge in [-0.3, -0.25) is 4.90 Å². The van der Waals surface area contributed by atoms with E-state index in [-0.39, 0.29) is 6.03 Å². The summed E-state index contributed by atoms with van der Waals surface area (Å²) < 4.78 is 5.97. The molecule has 4 heterocycles. The summed E-state index contributed by atoms with van der Waals surface area (Å²) in [5.41, 5.74) is 3.33. The molecule has 2 aliphatic rings. The number of pyridine rings is 1. The number of benzene rings is 2. The van der Waals surface area contributed by atoms with Crippen LogP contribution in [0.5, 0.6) is 11.5 Å². The number of carbonyl (C=O) groups is 1. The number of anilines is 4. The van der Waals surface area contributed by atoms with Crippen LogP contribution >= 0.6 is 11.3 Å². The first-order chi connectivity index (χ1) is 17.1. The Kier molecular flexibility index (Phi) is 5.16. The number of para-hydroxylation sites is 1. The molecule has 4 aromatic rings. The van der Waals surface area contributed by atoms with E-state index in [2.05, 4.69) is 21.4 Å². The number of nitrogens with one attached hydrogen (secondary N) is 1. The maximum absolute atomic E-state index is 13.5. The number of aryl methyl sites for hydroxylation is 1. The van der Waals surface area contributed by atoms with Crippen LogP contribution in [0.15, 0.2) is 60.8 Å². The summed E-state index contributed by atoms with van der Waals surface area (Å²) in [6, 6.07) is 17.0. The van der Waals surface area contributed by atoms with E-state index >= 15 is 0 Å². The van der Waals surface area contributed by atoms with E-state index in [0.29, 0.717) is 18.8 Å². The molecule has 8 nitrogen and oxygen atoms in total. The smallest absolute Gasteiger partial charge is 0.331 e. The van der Waals surface area contributed by atoms with E-state index in [1.54, 1.807) is 27.3 Å². The molecule has 2 aromatic carbocycles. The first-order valence-electron chi connectivity index (χ1n) is 11.4. The number of aromatic nitrogens is 1. The van der Waals surface area contributed by atoms with Crippen molar-refractivity contribution >= 4 is 49.6 Å². The van der Waals surface area contributed by atoms with E-state index in [0.717, 1.165) is 56.7 Å². The highest BCUT2D eigenvalue weighted by Crippen LogP contribution is 2.50. The number of rotatable bonds is 4. The Labute approximate surface area is 206 Å². The van der Waals surface area contributed by atoms with E-state index < -0.39 is 0 Å². The lowest BCUT2D eigenvalue weighted by atomic mass is 10.1. The summed E-state index contributed by atoms with van der Waals surface area (Å²) in [6.07, 6.45) is 3.97. The highest BCUT2D eigenvalue weighted by Gasteiger charge is 2.33. The third kappa shape index (κ3) is 3.68. The molecule has 1 fully saturated rings. The van der Waals surface area contributed by atoms with Gasteiger partial charge in [-0.15, -0.1) is 0 Å². The second-order valence-corrected chi connectivity index (χ2v) is 9.47. The van der Waals surface area contributed by atoms with Crippen LogP contribution < -0.4 is 19.9 Å². The Balaban J connectivity index is 1.36. The summed E-state index contributed by atoms with van der Waals surface area (Å²) >= 11 is 1.58. The van der Waals surface area contributed by atoms with Gasteiger partial charge in [-0.2, -0.15) is 5.26 Å². The quantitative estimate of drug-likeness (QED) is 0.377. The SMILES string of the molecule is Cc1cc(Oc2ccccc2)ccc1N1C(=O)Nc2c(N3CCN(C#N)CC3)sc3nccc1c23. The van der Waals surface area contributed by atoms with Gasteiger partial charge in [0, 0.05) is 32.4 Å². The van der Waals surface area contributed by atoms with Crippen molar-refractivity contribution in [3.63, 3.8) is 0 Å². The average Bonchev–Trinajstić information content (AvgIpc) is 3.25. The zero-order chi connectivity index (χ0) is 23.9. The van der Waals surface area contributed by atoms with Gasteiger partial charge in [-0.1, -0.05) is 29.5 Å². The maximum atomic E-state index is 13.5.